The minimum Gasteiger partial charge on any atom is -0.454 e. The van der Waals surface area contributed by atoms with Crippen LogP contribution in [-0.2, 0) is 14.3 Å². The lowest BCUT2D eigenvalue weighted by Crippen LogP contribution is -2.45. The van der Waals surface area contributed by atoms with Crippen LogP contribution in [-0.4, -0.2) is 30.4 Å². The number of hydrogen-bond acceptors (Lipinski definition) is 4. The van der Waals surface area contributed by atoms with Gasteiger partial charge in [0.1, 0.15) is 6.04 Å². The monoisotopic (exact) mass is 404 g/mol. The largest absolute Gasteiger partial charge is 0.454 e. The Bertz CT molecular complexity index is 1040. The Morgan fingerprint density at radius 1 is 0.867 bits per heavy atom. The minimum atomic E-state index is -0.858. The Kier molecular flexibility index (Phi) is 6.80. The molecule has 2 N–H and O–H groups in total. The number of carbonyl (C=O) groups is 3. The maximum atomic E-state index is 12.5. The molecule has 0 aliphatic rings. The van der Waals surface area contributed by atoms with Crippen molar-refractivity contribution in [2.45, 2.75) is 19.9 Å². The zero-order chi connectivity index (χ0) is 21.5. The first-order valence-electron chi connectivity index (χ1n) is 9.76. The van der Waals surface area contributed by atoms with Crippen LogP contribution in [0.25, 0.3) is 10.8 Å². The molecule has 3 aromatic rings. The van der Waals surface area contributed by atoms with Crippen molar-refractivity contribution in [1.29, 1.82) is 0 Å². The molecule has 154 valence electrons. The van der Waals surface area contributed by atoms with Crippen molar-refractivity contribution in [2.24, 2.45) is 5.92 Å². The lowest BCUT2D eigenvalue weighted by molar-refractivity contribution is -0.150. The van der Waals surface area contributed by atoms with Gasteiger partial charge in [0.2, 0.25) is 0 Å². The van der Waals surface area contributed by atoms with Gasteiger partial charge in [-0.05, 0) is 29.5 Å². The van der Waals surface area contributed by atoms with Crippen LogP contribution < -0.4 is 10.6 Å². The van der Waals surface area contributed by atoms with Crippen LogP contribution in [0.2, 0.25) is 0 Å². The molecule has 0 fully saturated rings. The summed E-state index contributed by atoms with van der Waals surface area (Å²) in [6, 6.07) is 21.0. The first kappa shape index (κ1) is 21.0. The number of esters is 1. The summed E-state index contributed by atoms with van der Waals surface area (Å²) in [5, 5.41) is 7.35. The number of ether oxygens (including phenoxy) is 1. The van der Waals surface area contributed by atoms with E-state index in [1.807, 2.05) is 36.4 Å². The number of benzene rings is 3. The molecule has 0 spiro atoms. The summed E-state index contributed by atoms with van der Waals surface area (Å²) < 4.78 is 5.18. The predicted molar refractivity (Wildman–Crippen MR) is 116 cm³/mol. The Morgan fingerprint density at radius 3 is 2.27 bits per heavy atom. The highest BCUT2D eigenvalue weighted by Gasteiger charge is 2.26. The SMILES string of the molecule is CC(C)[C@H](NC(=O)c1ccccc1)C(=O)OCC(=O)Nc1cccc2ccccc12. The normalized spacial score (nSPS) is 11.7. The van der Waals surface area contributed by atoms with Gasteiger partial charge >= 0.3 is 5.97 Å². The molecular weight excluding hydrogens is 380 g/mol. The van der Waals surface area contributed by atoms with E-state index in [0.717, 1.165) is 10.8 Å². The molecule has 0 unspecified atom stereocenters. The van der Waals surface area contributed by atoms with Gasteiger partial charge in [0, 0.05) is 16.6 Å². The number of fused-ring (bicyclic) bond motifs is 1. The maximum Gasteiger partial charge on any atom is 0.329 e. The molecule has 0 aliphatic heterocycles. The molecule has 1 atom stereocenters. The quantitative estimate of drug-likeness (QED) is 0.587. The van der Waals surface area contributed by atoms with E-state index in [-0.39, 0.29) is 11.8 Å². The van der Waals surface area contributed by atoms with Gasteiger partial charge in [-0.2, -0.15) is 0 Å². The van der Waals surface area contributed by atoms with E-state index in [9.17, 15) is 14.4 Å². The van der Waals surface area contributed by atoms with Crippen LogP contribution in [0.1, 0.15) is 24.2 Å². The second-order valence-electron chi connectivity index (χ2n) is 7.24. The third-order valence-corrected chi connectivity index (χ3v) is 4.65. The molecule has 30 heavy (non-hydrogen) atoms. The molecule has 0 bridgehead atoms. The van der Waals surface area contributed by atoms with Gasteiger partial charge in [-0.3, -0.25) is 9.59 Å². The number of anilines is 1. The summed E-state index contributed by atoms with van der Waals surface area (Å²) in [7, 11) is 0. The summed E-state index contributed by atoms with van der Waals surface area (Å²) in [5.74, 6) is -1.67. The zero-order valence-corrected chi connectivity index (χ0v) is 16.9. The van der Waals surface area contributed by atoms with Crippen molar-refractivity contribution >= 4 is 34.2 Å². The van der Waals surface area contributed by atoms with E-state index >= 15 is 0 Å². The van der Waals surface area contributed by atoms with Crippen LogP contribution in [0.4, 0.5) is 5.69 Å². The van der Waals surface area contributed by atoms with Crippen molar-refractivity contribution in [1.82, 2.24) is 5.32 Å². The standard InChI is InChI=1S/C24H24N2O4/c1-16(2)22(26-23(28)18-10-4-3-5-11-18)24(29)30-15-21(27)25-20-14-8-12-17-9-6-7-13-19(17)20/h3-14,16,22H,15H2,1-2H3,(H,25,27)(H,26,28)/t22-/m0/s1. The molecule has 6 nitrogen and oxygen atoms in total. The zero-order valence-electron chi connectivity index (χ0n) is 16.9. The fraction of sp³-hybridized carbons (Fsp3) is 0.208. The molecule has 0 aromatic heterocycles. The van der Waals surface area contributed by atoms with Crippen LogP contribution in [0.5, 0.6) is 0 Å². The van der Waals surface area contributed by atoms with Gasteiger partial charge in [0.25, 0.3) is 11.8 Å². The highest BCUT2D eigenvalue weighted by molar-refractivity contribution is 6.03. The maximum absolute atomic E-state index is 12.5. The van der Waals surface area contributed by atoms with Gasteiger partial charge in [-0.15, -0.1) is 0 Å². The van der Waals surface area contributed by atoms with Crippen LogP contribution in [0.3, 0.4) is 0 Å². The molecule has 3 aromatic carbocycles. The van der Waals surface area contributed by atoms with Gasteiger partial charge < -0.3 is 15.4 Å². The molecule has 0 saturated heterocycles. The molecule has 0 radical (unpaired) electrons. The van der Waals surface area contributed by atoms with Crippen molar-refractivity contribution in [3.63, 3.8) is 0 Å². The van der Waals surface area contributed by atoms with Crippen molar-refractivity contribution in [2.75, 3.05) is 11.9 Å². The summed E-state index contributed by atoms with van der Waals surface area (Å²) in [6.07, 6.45) is 0. The Labute approximate surface area is 175 Å². The van der Waals surface area contributed by atoms with Gasteiger partial charge in [0.05, 0.1) is 0 Å². The highest BCUT2D eigenvalue weighted by Crippen LogP contribution is 2.22. The molecule has 0 saturated carbocycles. The minimum absolute atomic E-state index is 0.203. The molecule has 3 rings (SSSR count). The third-order valence-electron chi connectivity index (χ3n) is 4.65. The average Bonchev–Trinajstić information content (AvgIpc) is 2.76. The first-order valence-corrected chi connectivity index (χ1v) is 9.76. The van der Waals surface area contributed by atoms with Crippen molar-refractivity contribution in [3.8, 4) is 0 Å². The second kappa shape index (κ2) is 9.69. The van der Waals surface area contributed by atoms with Crippen molar-refractivity contribution < 1.29 is 19.1 Å². The number of rotatable bonds is 7. The molecule has 6 heteroatoms. The summed E-state index contributed by atoms with van der Waals surface area (Å²) in [6.45, 7) is 3.16. The fourth-order valence-corrected chi connectivity index (χ4v) is 3.06. The van der Waals surface area contributed by atoms with Gasteiger partial charge in [-0.1, -0.05) is 68.4 Å². The number of amides is 2. The smallest absolute Gasteiger partial charge is 0.329 e. The number of hydrogen-bond donors (Lipinski definition) is 2. The Hall–Kier alpha value is -3.67. The van der Waals surface area contributed by atoms with E-state index < -0.39 is 24.5 Å². The van der Waals surface area contributed by atoms with Crippen LogP contribution in [0, 0.1) is 5.92 Å². The number of carbonyl (C=O) groups excluding carboxylic acids is 3. The third kappa shape index (κ3) is 5.23. The van der Waals surface area contributed by atoms with E-state index in [1.165, 1.54) is 0 Å². The highest BCUT2D eigenvalue weighted by atomic mass is 16.5. The topological polar surface area (TPSA) is 84.5 Å². The van der Waals surface area contributed by atoms with E-state index in [0.29, 0.717) is 11.3 Å². The lowest BCUT2D eigenvalue weighted by Gasteiger charge is -2.21. The fourth-order valence-electron chi connectivity index (χ4n) is 3.06. The summed E-state index contributed by atoms with van der Waals surface area (Å²) >= 11 is 0. The average molecular weight is 404 g/mol. The van der Waals surface area contributed by atoms with Gasteiger partial charge in [-0.25, -0.2) is 4.79 Å². The Balaban J connectivity index is 1.59. The van der Waals surface area contributed by atoms with Gasteiger partial charge in [0.15, 0.2) is 6.61 Å². The molecule has 0 aliphatic carbocycles. The number of nitrogens with one attached hydrogen (secondary N) is 2. The second-order valence-corrected chi connectivity index (χ2v) is 7.24. The molecular formula is C24H24N2O4. The molecule has 0 heterocycles. The first-order chi connectivity index (χ1) is 14.5. The van der Waals surface area contributed by atoms with Crippen molar-refractivity contribution in [3.05, 3.63) is 78.4 Å². The predicted octanol–water partition coefficient (Wildman–Crippen LogP) is 3.78. The van der Waals surface area contributed by atoms with E-state index in [2.05, 4.69) is 10.6 Å². The molecule has 2 amide bonds. The van der Waals surface area contributed by atoms with Crippen LogP contribution >= 0.6 is 0 Å². The van der Waals surface area contributed by atoms with Crippen LogP contribution in [0.15, 0.2) is 72.8 Å². The van der Waals surface area contributed by atoms with E-state index in [4.69, 9.17) is 4.74 Å². The summed E-state index contributed by atoms with van der Waals surface area (Å²) in [5.41, 5.74) is 1.09. The Morgan fingerprint density at radius 2 is 1.53 bits per heavy atom. The lowest BCUT2D eigenvalue weighted by atomic mass is 10.0. The summed E-state index contributed by atoms with van der Waals surface area (Å²) in [4.78, 5) is 37.2. The van der Waals surface area contributed by atoms with E-state index in [1.54, 1.807) is 50.2 Å².